The molecule has 3 aromatic rings. The van der Waals surface area contributed by atoms with E-state index in [-0.39, 0.29) is 24.6 Å². The molecule has 0 amide bonds. The first-order valence-corrected chi connectivity index (χ1v) is 9.76. The van der Waals surface area contributed by atoms with Gasteiger partial charge < -0.3 is 19.9 Å². The minimum Gasteiger partial charge on any atom is -0.424 e. The average molecular weight is 423 g/mol. The average Bonchev–Trinajstić information content (AvgIpc) is 2.76. The Bertz CT molecular complexity index is 1080. The maximum Gasteiger partial charge on any atom is 0.330 e. The maximum atomic E-state index is 9.35. The quantitative estimate of drug-likeness (QED) is 0.543. The van der Waals surface area contributed by atoms with Crippen LogP contribution >= 0.6 is 11.6 Å². The second-order valence-electron chi connectivity index (χ2n) is 6.45. The lowest BCUT2D eigenvalue weighted by Gasteiger charge is -2.12. The van der Waals surface area contributed by atoms with Gasteiger partial charge in [0.15, 0.2) is 0 Å². The first kappa shape index (κ1) is 19.9. The van der Waals surface area contributed by atoms with Crippen molar-refractivity contribution >= 4 is 23.2 Å². The summed E-state index contributed by atoms with van der Waals surface area (Å²) in [5.74, 6) is 1.44. The Balaban J connectivity index is 1.62. The third-order valence-electron chi connectivity index (χ3n) is 4.15. The van der Waals surface area contributed by atoms with Crippen LogP contribution in [0.2, 0.25) is 5.02 Å². The summed E-state index contributed by atoms with van der Waals surface area (Å²) in [5.41, 5.74) is 1.48. The van der Waals surface area contributed by atoms with Crippen molar-refractivity contribution in [3.05, 3.63) is 83.1 Å². The van der Waals surface area contributed by atoms with Crippen molar-refractivity contribution in [3.63, 3.8) is 0 Å². The first-order chi connectivity index (χ1) is 14.7. The summed E-state index contributed by atoms with van der Waals surface area (Å²) < 4.78 is 11.6. The number of anilines is 2. The molecule has 0 saturated carbocycles. The van der Waals surface area contributed by atoms with Crippen LogP contribution in [-0.2, 0) is 6.61 Å². The smallest absolute Gasteiger partial charge is 0.330 e. The largest absolute Gasteiger partial charge is 0.424 e. The molecule has 1 aliphatic rings. The lowest BCUT2D eigenvalue weighted by molar-refractivity contribution is 0.282. The lowest BCUT2D eigenvalue weighted by Crippen LogP contribution is -2.06. The van der Waals surface area contributed by atoms with E-state index < -0.39 is 0 Å². The van der Waals surface area contributed by atoms with Crippen molar-refractivity contribution in [3.8, 4) is 17.8 Å². The molecule has 0 bridgehead atoms. The highest BCUT2D eigenvalue weighted by atomic mass is 35.5. The van der Waals surface area contributed by atoms with Gasteiger partial charge in [-0.1, -0.05) is 29.8 Å². The van der Waals surface area contributed by atoms with E-state index in [4.69, 9.17) is 21.1 Å². The fourth-order valence-electron chi connectivity index (χ4n) is 2.74. The van der Waals surface area contributed by atoms with E-state index in [1.807, 2.05) is 36.4 Å². The third-order valence-corrected chi connectivity index (χ3v) is 4.40. The SMILES string of the molecule is OCc1cccc(Nc2nc(OC3=CCCC=C3)nc(Oc3ccc(Cl)cc3)n2)c1. The number of hydrogen-bond acceptors (Lipinski definition) is 7. The minimum atomic E-state index is -0.0630. The number of rotatable bonds is 7. The topological polar surface area (TPSA) is 89.4 Å². The van der Waals surface area contributed by atoms with Crippen LogP contribution in [0.15, 0.2) is 72.5 Å². The minimum absolute atomic E-state index is 0.0630. The van der Waals surface area contributed by atoms with Crippen LogP contribution in [0.3, 0.4) is 0 Å². The Labute approximate surface area is 178 Å². The summed E-state index contributed by atoms with van der Waals surface area (Å²) in [6.45, 7) is -0.0630. The molecule has 1 aromatic heterocycles. The van der Waals surface area contributed by atoms with Gasteiger partial charge in [-0.3, -0.25) is 0 Å². The van der Waals surface area contributed by atoms with Gasteiger partial charge in [-0.2, -0.15) is 9.97 Å². The number of halogens is 1. The van der Waals surface area contributed by atoms with E-state index in [0.717, 1.165) is 18.4 Å². The van der Waals surface area contributed by atoms with E-state index in [1.165, 1.54) is 0 Å². The van der Waals surface area contributed by atoms with E-state index >= 15 is 0 Å². The highest BCUT2D eigenvalue weighted by molar-refractivity contribution is 6.30. The molecule has 2 N–H and O–H groups in total. The number of allylic oxidation sites excluding steroid dienone is 3. The molecule has 4 rings (SSSR count). The Kier molecular flexibility index (Phi) is 6.22. The molecule has 0 saturated heterocycles. The Hall–Kier alpha value is -3.42. The number of aromatic nitrogens is 3. The van der Waals surface area contributed by atoms with Crippen molar-refractivity contribution in [1.29, 1.82) is 0 Å². The van der Waals surface area contributed by atoms with Gasteiger partial charge in [0, 0.05) is 10.7 Å². The molecule has 30 heavy (non-hydrogen) atoms. The maximum absolute atomic E-state index is 9.35. The second kappa shape index (κ2) is 9.39. The number of nitrogens with one attached hydrogen (secondary N) is 1. The summed E-state index contributed by atoms with van der Waals surface area (Å²) >= 11 is 5.93. The van der Waals surface area contributed by atoms with Gasteiger partial charge in [-0.05, 0) is 67.0 Å². The first-order valence-electron chi connectivity index (χ1n) is 9.39. The predicted octanol–water partition coefficient (Wildman–Crippen LogP) is 5.17. The molecule has 0 atom stereocenters. The van der Waals surface area contributed by atoms with Gasteiger partial charge in [0.1, 0.15) is 11.5 Å². The molecular formula is C22H19ClN4O3. The number of aliphatic hydroxyl groups is 1. The van der Waals surface area contributed by atoms with Crippen molar-refractivity contribution in [1.82, 2.24) is 15.0 Å². The summed E-state index contributed by atoms with van der Waals surface area (Å²) in [5, 5.41) is 13.1. The molecule has 0 fully saturated rings. The van der Waals surface area contributed by atoms with Crippen molar-refractivity contribution in [2.24, 2.45) is 0 Å². The number of nitrogens with zero attached hydrogens (tertiary/aromatic N) is 3. The molecule has 152 valence electrons. The number of benzene rings is 2. The van der Waals surface area contributed by atoms with E-state index in [1.54, 1.807) is 30.3 Å². The molecule has 0 radical (unpaired) electrons. The number of hydrogen-bond donors (Lipinski definition) is 2. The Morgan fingerprint density at radius 1 is 0.967 bits per heavy atom. The van der Waals surface area contributed by atoms with Gasteiger partial charge in [-0.15, -0.1) is 4.98 Å². The van der Waals surface area contributed by atoms with Gasteiger partial charge >= 0.3 is 12.0 Å². The van der Waals surface area contributed by atoms with Crippen molar-refractivity contribution < 1.29 is 14.6 Å². The summed E-state index contributed by atoms with van der Waals surface area (Å²) in [6, 6.07) is 14.3. The fourth-order valence-corrected chi connectivity index (χ4v) is 2.87. The Morgan fingerprint density at radius 3 is 2.50 bits per heavy atom. The zero-order valence-electron chi connectivity index (χ0n) is 16.0. The highest BCUT2D eigenvalue weighted by Crippen LogP contribution is 2.25. The fraction of sp³-hybridized carbons (Fsp3) is 0.136. The van der Waals surface area contributed by atoms with Gasteiger partial charge in [0.2, 0.25) is 5.95 Å². The molecule has 1 heterocycles. The molecule has 0 spiro atoms. The molecule has 2 aromatic carbocycles. The van der Waals surface area contributed by atoms with Gasteiger partial charge in [-0.25, -0.2) is 0 Å². The van der Waals surface area contributed by atoms with Gasteiger partial charge in [0.25, 0.3) is 0 Å². The molecule has 7 nitrogen and oxygen atoms in total. The molecular weight excluding hydrogens is 404 g/mol. The standard InChI is InChI=1S/C22H19ClN4O3/c23-16-9-11-19(12-10-16)30-22-26-20(24-17-6-4-5-15(13-17)14-28)25-21(27-22)29-18-7-2-1-3-8-18/h2,4-13,28H,1,3,14H2,(H,24,25,26,27). The molecule has 0 aliphatic heterocycles. The van der Waals surface area contributed by atoms with Gasteiger partial charge in [0.05, 0.1) is 6.61 Å². The van der Waals surface area contributed by atoms with E-state index in [9.17, 15) is 5.11 Å². The highest BCUT2D eigenvalue weighted by Gasteiger charge is 2.12. The predicted molar refractivity (Wildman–Crippen MR) is 114 cm³/mol. The van der Waals surface area contributed by atoms with Crippen molar-refractivity contribution in [2.75, 3.05) is 5.32 Å². The van der Waals surface area contributed by atoms with E-state index in [0.29, 0.717) is 22.2 Å². The number of ether oxygens (including phenoxy) is 2. The normalized spacial score (nSPS) is 12.9. The molecule has 1 aliphatic carbocycles. The zero-order valence-corrected chi connectivity index (χ0v) is 16.7. The monoisotopic (exact) mass is 422 g/mol. The molecule has 8 heteroatoms. The third kappa shape index (κ3) is 5.34. The lowest BCUT2D eigenvalue weighted by atomic mass is 10.2. The van der Waals surface area contributed by atoms with Crippen LogP contribution in [0.4, 0.5) is 11.6 Å². The van der Waals surface area contributed by atoms with Crippen LogP contribution in [-0.4, -0.2) is 20.1 Å². The van der Waals surface area contributed by atoms with Crippen LogP contribution in [0.1, 0.15) is 18.4 Å². The van der Waals surface area contributed by atoms with Crippen LogP contribution < -0.4 is 14.8 Å². The molecule has 0 unspecified atom stereocenters. The summed E-state index contributed by atoms with van der Waals surface area (Å²) in [7, 11) is 0. The van der Waals surface area contributed by atoms with Crippen LogP contribution in [0.25, 0.3) is 0 Å². The van der Waals surface area contributed by atoms with E-state index in [2.05, 4.69) is 20.3 Å². The van der Waals surface area contributed by atoms with Crippen LogP contribution in [0.5, 0.6) is 17.8 Å². The Morgan fingerprint density at radius 2 is 1.77 bits per heavy atom. The summed E-state index contributed by atoms with van der Waals surface area (Å²) in [4.78, 5) is 12.9. The van der Waals surface area contributed by atoms with Crippen molar-refractivity contribution in [2.45, 2.75) is 19.4 Å². The number of aliphatic hydroxyl groups excluding tert-OH is 1. The summed E-state index contributed by atoms with van der Waals surface area (Å²) in [6.07, 6.45) is 7.75. The zero-order chi connectivity index (χ0) is 20.8. The van der Waals surface area contributed by atoms with Crippen LogP contribution in [0, 0.1) is 0 Å². The second-order valence-corrected chi connectivity index (χ2v) is 6.89.